The zero-order chi connectivity index (χ0) is 19.6. The van der Waals surface area contributed by atoms with Crippen molar-refractivity contribution in [2.45, 2.75) is 72.6 Å². The molecule has 0 spiro atoms. The van der Waals surface area contributed by atoms with Crippen LogP contribution >= 0.6 is 0 Å². The fraction of sp³-hybridized carbons (Fsp3) is 0.826. The maximum atomic E-state index is 12.6. The fourth-order valence-corrected chi connectivity index (χ4v) is 7.93. The molecule has 0 aromatic carbocycles. The van der Waals surface area contributed by atoms with Crippen molar-refractivity contribution in [2.75, 3.05) is 6.54 Å². The summed E-state index contributed by atoms with van der Waals surface area (Å²) in [4.78, 5) is 24.6. The summed E-state index contributed by atoms with van der Waals surface area (Å²) < 4.78 is 0. The van der Waals surface area contributed by atoms with Gasteiger partial charge in [-0.1, -0.05) is 34.1 Å². The second-order valence-electron chi connectivity index (χ2n) is 11.1. The third kappa shape index (κ3) is 2.69. The quantitative estimate of drug-likeness (QED) is 0.774. The van der Waals surface area contributed by atoms with Crippen molar-refractivity contribution in [1.29, 1.82) is 0 Å². The van der Waals surface area contributed by atoms with E-state index < -0.39 is 0 Å². The summed E-state index contributed by atoms with van der Waals surface area (Å²) in [5.41, 5.74) is 7.25. The summed E-state index contributed by atoms with van der Waals surface area (Å²) in [6.07, 6.45) is 9.35. The highest BCUT2D eigenvalue weighted by Gasteiger charge is 2.62. The van der Waals surface area contributed by atoms with Crippen molar-refractivity contribution in [2.24, 2.45) is 45.7 Å². The van der Waals surface area contributed by atoms with Crippen LogP contribution in [0.15, 0.2) is 11.8 Å². The first-order chi connectivity index (χ1) is 12.6. The molecular weight excluding hydrogens is 336 g/mol. The molecule has 6 atom stereocenters. The smallest absolute Gasteiger partial charge is 0.221 e. The van der Waals surface area contributed by atoms with Gasteiger partial charge in [0.05, 0.1) is 0 Å². The number of allylic oxidation sites excluding steroid dienone is 2. The Bertz CT molecular complexity index is 691. The number of nitrogens with one attached hydrogen (secondary N) is 1. The van der Waals surface area contributed by atoms with Crippen molar-refractivity contribution < 1.29 is 9.59 Å². The summed E-state index contributed by atoms with van der Waals surface area (Å²) in [5.74, 6) is 1.86. The van der Waals surface area contributed by atoms with Crippen LogP contribution in [0.2, 0.25) is 0 Å². The van der Waals surface area contributed by atoms with Gasteiger partial charge in [0.2, 0.25) is 5.91 Å². The van der Waals surface area contributed by atoms with E-state index in [-0.39, 0.29) is 33.9 Å². The number of rotatable bonds is 2. The van der Waals surface area contributed by atoms with Gasteiger partial charge in [-0.25, -0.2) is 0 Å². The zero-order valence-corrected chi connectivity index (χ0v) is 17.4. The standard InChI is InChI=1S/C23H36N2O2/c1-21(2,3)19(20(24)27)23-9-5-6-17(23)15-13-25-18-12-14(26)7-10-22(18,4)16(15)8-11-23/h12,15-17,19,25H,5-11,13H2,1-4H3,(H2,24,27)/t15-,16+,17+,19?,22-,23-/m1/s1. The number of hydrogen-bond acceptors (Lipinski definition) is 3. The van der Waals surface area contributed by atoms with Gasteiger partial charge in [-0.15, -0.1) is 0 Å². The molecular formula is C23H36N2O2. The predicted octanol–water partition coefficient (Wildman–Crippen LogP) is 3.80. The fourth-order valence-electron chi connectivity index (χ4n) is 7.93. The third-order valence-corrected chi connectivity index (χ3v) is 8.73. The van der Waals surface area contributed by atoms with E-state index in [1.807, 2.05) is 6.08 Å². The number of piperidine rings is 1. The van der Waals surface area contributed by atoms with Gasteiger partial charge in [-0.3, -0.25) is 9.59 Å². The van der Waals surface area contributed by atoms with Crippen molar-refractivity contribution in [3.63, 3.8) is 0 Å². The first kappa shape index (κ1) is 19.0. The van der Waals surface area contributed by atoms with Crippen molar-refractivity contribution >= 4 is 11.7 Å². The molecule has 0 aromatic rings. The van der Waals surface area contributed by atoms with Crippen LogP contribution < -0.4 is 11.1 Å². The maximum Gasteiger partial charge on any atom is 0.221 e. The SMILES string of the molecule is CC(C)(C)C(C(N)=O)[C@@]12CCC[C@H]1[C@@H]1CNC3=CC(=O)CC[C@]3(C)[C@H]1CC2. The molecule has 0 aromatic heterocycles. The average Bonchev–Trinajstić information content (AvgIpc) is 2.98. The minimum Gasteiger partial charge on any atom is -0.387 e. The topological polar surface area (TPSA) is 72.2 Å². The van der Waals surface area contributed by atoms with Crippen LogP contribution in [0.5, 0.6) is 0 Å². The van der Waals surface area contributed by atoms with Gasteiger partial charge in [-0.2, -0.15) is 0 Å². The molecule has 150 valence electrons. The molecule has 4 aliphatic rings. The van der Waals surface area contributed by atoms with Crippen LogP contribution in [0.3, 0.4) is 0 Å². The Morgan fingerprint density at radius 1 is 1.22 bits per heavy atom. The van der Waals surface area contributed by atoms with Gasteiger partial charge in [0.25, 0.3) is 0 Å². The van der Waals surface area contributed by atoms with Gasteiger partial charge >= 0.3 is 0 Å². The van der Waals surface area contributed by atoms with Gasteiger partial charge < -0.3 is 11.1 Å². The Morgan fingerprint density at radius 3 is 2.63 bits per heavy atom. The highest BCUT2D eigenvalue weighted by molar-refractivity contribution is 5.91. The van der Waals surface area contributed by atoms with Crippen molar-refractivity contribution in [3.8, 4) is 0 Å². The van der Waals surface area contributed by atoms with E-state index in [4.69, 9.17) is 5.73 Å². The van der Waals surface area contributed by atoms with E-state index in [0.717, 1.165) is 32.2 Å². The lowest BCUT2D eigenvalue weighted by Crippen LogP contribution is -2.60. The van der Waals surface area contributed by atoms with Crippen LogP contribution in [0.1, 0.15) is 72.6 Å². The largest absolute Gasteiger partial charge is 0.387 e. The molecule has 1 amide bonds. The maximum absolute atomic E-state index is 12.6. The molecule has 4 nitrogen and oxygen atoms in total. The molecule has 1 aliphatic heterocycles. The first-order valence-corrected chi connectivity index (χ1v) is 10.9. The Balaban J connectivity index is 1.71. The second kappa shape index (κ2) is 6.09. The van der Waals surface area contributed by atoms with Crippen LogP contribution in [-0.4, -0.2) is 18.2 Å². The number of primary amides is 1. The van der Waals surface area contributed by atoms with Crippen molar-refractivity contribution in [3.05, 3.63) is 11.8 Å². The summed E-state index contributed by atoms with van der Waals surface area (Å²) in [5, 5.41) is 3.65. The molecule has 1 saturated heterocycles. The highest BCUT2D eigenvalue weighted by Crippen LogP contribution is 2.66. The molecule has 4 rings (SSSR count). The van der Waals surface area contributed by atoms with E-state index in [1.54, 1.807) is 0 Å². The molecule has 0 radical (unpaired) electrons. The number of hydrogen-bond donors (Lipinski definition) is 2. The van der Waals surface area contributed by atoms with Gasteiger partial charge in [-0.05, 0) is 60.7 Å². The number of fused-ring (bicyclic) bond motifs is 5. The van der Waals surface area contributed by atoms with E-state index in [9.17, 15) is 9.59 Å². The number of carbonyl (C=O) groups is 2. The number of amides is 1. The monoisotopic (exact) mass is 372 g/mol. The molecule has 27 heavy (non-hydrogen) atoms. The number of ketones is 1. The van der Waals surface area contributed by atoms with Crippen LogP contribution in [0.25, 0.3) is 0 Å². The normalized spacial score (nSPS) is 42.3. The average molecular weight is 373 g/mol. The molecule has 2 saturated carbocycles. The minimum absolute atomic E-state index is 0.0591. The number of carbonyl (C=O) groups excluding carboxylic acids is 2. The lowest BCUT2D eigenvalue weighted by molar-refractivity contribution is -0.143. The molecule has 3 aliphatic carbocycles. The Kier molecular flexibility index (Phi) is 4.29. The zero-order valence-electron chi connectivity index (χ0n) is 17.4. The lowest BCUT2D eigenvalue weighted by atomic mass is 9.46. The van der Waals surface area contributed by atoms with E-state index >= 15 is 0 Å². The van der Waals surface area contributed by atoms with E-state index in [0.29, 0.717) is 24.2 Å². The molecule has 1 unspecified atom stereocenters. The molecule has 3 N–H and O–H groups in total. The predicted molar refractivity (Wildman–Crippen MR) is 107 cm³/mol. The van der Waals surface area contributed by atoms with Gasteiger partial charge in [0, 0.05) is 36.1 Å². The van der Waals surface area contributed by atoms with Crippen LogP contribution in [-0.2, 0) is 9.59 Å². The molecule has 3 fully saturated rings. The summed E-state index contributed by atoms with van der Waals surface area (Å²) in [7, 11) is 0. The molecule has 1 heterocycles. The number of nitrogens with two attached hydrogens (primary N) is 1. The lowest BCUT2D eigenvalue weighted by Gasteiger charge is -2.60. The third-order valence-electron chi connectivity index (χ3n) is 8.73. The second-order valence-corrected chi connectivity index (χ2v) is 11.1. The van der Waals surface area contributed by atoms with Crippen LogP contribution in [0.4, 0.5) is 0 Å². The van der Waals surface area contributed by atoms with Crippen molar-refractivity contribution in [1.82, 2.24) is 5.32 Å². The highest BCUT2D eigenvalue weighted by atomic mass is 16.1. The Hall–Kier alpha value is -1.32. The first-order valence-electron chi connectivity index (χ1n) is 10.9. The van der Waals surface area contributed by atoms with Gasteiger partial charge in [0.15, 0.2) is 5.78 Å². The van der Waals surface area contributed by atoms with Gasteiger partial charge in [0.1, 0.15) is 0 Å². The van der Waals surface area contributed by atoms with E-state index in [1.165, 1.54) is 18.5 Å². The Morgan fingerprint density at radius 2 is 1.96 bits per heavy atom. The summed E-state index contributed by atoms with van der Waals surface area (Å²) >= 11 is 0. The Labute approximate surface area is 163 Å². The summed E-state index contributed by atoms with van der Waals surface area (Å²) in [6.45, 7) is 9.87. The molecule has 4 heteroatoms. The van der Waals surface area contributed by atoms with Crippen LogP contribution in [0, 0.1) is 39.9 Å². The summed E-state index contributed by atoms with van der Waals surface area (Å²) in [6, 6.07) is 0. The minimum atomic E-state index is -0.105. The molecule has 0 bridgehead atoms. The van der Waals surface area contributed by atoms with E-state index in [2.05, 4.69) is 33.0 Å².